The summed E-state index contributed by atoms with van der Waals surface area (Å²) in [6.45, 7) is 12.5. The van der Waals surface area contributed by atoms with E-state index in [2.05, 4.69) is 73.6 Å². The Hall–Kier alpha value is -2.30. The van der Waals surface area contributed by atoms with Crippen molar-refractivity contribution >= 4 is 5.96 Å². The lowest BCUT2D eigenvalue weighted by atomic mass is 10.1. The molecule has 5 nitrogen and oxygen atoms in total. The summed E-state index contributed by atoms with van der Waals surface area (Å²) in [6, 6.07) is 8.45. The molecule has 0 saturated heterocycles. The maximum Gasteiger partial charge on any atom is 0.191 e. The molecule has 1 aromatic carbocycles. The molecular weight excluding hydrogens is 300 g/mol. The van der Waals surface area contributed by atoms with Crippen molar-refractivity contribution in [2.24, 2.45) is 4.99 Å². The fourth-order valence-electron chi connectivity index (χ4n) is 2.38. The van der Waals surface area contributed by atoms with Gasteiger partial charge in [-0.25, -0.2) is 4.99 Å². The fourth-order valence-corrected chi connectivity index (χ4v) is 2.38. The molecule has 24 heavy (non-hydrogen) atoms. The molecule has 1 aromatic heterocycles. The molecule has 0 unspecified atom stereocenters. The third-order valence-corrected chi connectivity index (χ3v) is 3.85. The zero-order valence-electron chi connectivity index (χ0n) is 15.3. The number of benzene rings is 1. The van der Waals surface area contributed by atoms with Crippen molar-refractivity contribution in [2.45, 2.75) is 53.6 Å². The number of rotatable bonds is 6. The Morgan fingerprint density at radius 3 is 2.62 bits per heavy atom. The number of nitrogens with one attached hydrogen (secondary N) is 2. The van der Waals surface area contributed by atoms with E-state index in [0.29, 0.717) is 19.0 Å². The molecular formula is C19H28N4O. The third kappa shape index (κ3) is 5.11. The molecule has 0 aliphatic rings. The molecule has 1 heterocycles. The van der Waals surface area contributed by atoms with Crippen LogP contribution in [-0.2, 0) is 13.1 Å². The van der Waals surface area contributed by atoms with Crippen LogP contribution in [0.4, 0.5) is 0 Å². The van der Waals surface area contributed by atoms with Crippen molar-refractivity contribution in [2.75, 3.05) is 6.54 Å². The zero-order chi connectivity index (χ0) is 17.5. The summed E-state index contributed by atoms with van der Waals surface area (Å²) in [4.78, 5) is 4.66. The van der Waals surface area contributed by atoms with Crippen LogP contribution >= 0.6 is 0 Å². The minimum absolute atomic E-state index is 0.369. The highest BCUT2D eigenvalue weighted by atomic mass is 16.5. The first-order valence-electron chi connectivity index (χ1n) is 8.53. The summed E-state index contributed by atoms with van der Waals surface area (Å²) in [5.74, 6) is 1.96. The van der Waals surface area contributed by atoms with Crippen LogP contribution in [0.3, 0.4) is 0 Å². The molecule has 2 N–H and O–H groups in total. The number of guanidine groups is 1. The second-order valence-electron chi connectivity index (χ2n) is 6.35. The van der Waals surface area contributed by atoms with Gasteiger partial charge in [0.15, 0.2) is 11.7 Å². The van der Waals surface area contributed by atoms with E-state index in [1.54, 1.807) is 0 Å². The predicted molar refractivity (Wildman–Crippen MR) is 98.2 cm³/mol. The quantitative estimate of drug-likeness (QED) is 0.627. The average molecular weight is 328 g/mol. The second-order valence-corrected chi connectivity index (χ2v) is 6.35. The maximum atomic E-state index is 5.35. The third-order valence-electron chi connectivity index (χ3n) is 3.85. The van der Waals surface area contributed by atoms with Gasteiger partial charge in [-0.15, -0.1) is 0 Å². The molecule has 0 radical (unpaired) electrons. The first kappa shape index (κ1) is 18.0. The van der Waals surface area contributed by atoms with E-state index in [-0.39, 0.29) is 0 Å². The highest BCUT2D eigenvalue weighted by Crippen LogP contribution is 2.14. The van der Waals surface area contributed by atoms with Gasteiger partial charge in [-0.2, -0.15) is 0 Å². The van der Waals surface area contributed by atoms with Gasteiger partial charge in [-0.3, -0.25) is 0 Å². The Morgan fingerprint density at radius 2 is 2.00 bits per heavy atom. The van der Waals surface area contributed by atoms with Crippen LogP contribution in [0.1, 0.15) is 54.8 Å². The monoisotopic (exact) mass is 328 g/mol. The van der Waals surface area contributed by atoms with Crippen molar-refractivity contribution in [1.82, 2.24) is 15.8 Å². The SMILES string of the molecule is CCNC(=NCc1ccc(C)cc1C)NCc1cc(C(C)C)no1. The van der Waals surface area contributed by atoms with Gasteiger partial charge in [-0.1, -0.05) is 42.8 Å². The first-order valence-corrected chi connectivity index (χ1v) is 8.53. The Bertz CT molecular complexity index is 688. The minimum Gasteiger partial charge on any atom is -0.359 e. The molecule has 0 amide bonds. The van der Waals surface area contributed by atoms with Crippen LogP contribution in [0.2, 0.25) is 0 Å². The maximum absolute atomic E-state index is 5.35. The predicted octanol–water partition coefficient (Wildman–Crippen LogP) is 3.67. The van der Waals surface area contributed by atoms with Crippen molar-refractivity contribution in [3.05, 3.63) is 52.4 Å². The van der Waals surface area contributed by atoms with E-state index < -0.39 is 0 Å². The summed E-state index contributed by atoms with van der Waals surface area (Å²) in [6.07, 6.45) is 0. The summed E-state index contributed by atoms with van der Waals surface area (Å²) in [5.41, 5.74) is 4.76. The van der Waals surface area contributed by atoms with Crippen LogP contribution in [0.25, 0.3) is 0 Å². The molecule has 5 heteroatoms. The van der Waals surface area contributed by atoms with Crippen molar-refractivity contribution in [3.63, 3.8) is 0 Å². The number of nitrogens with zero attached hydrogens (tertiary/aromatic N) is 2. The molecule has 0 saturated carbocycles. The molecule has 0 bridgehead atoms. The zero-order valence-corrected chi connectivity index (χ0v) is 15.3. The van der Waals surface area contributed by atoms with Crippen LogP contribution in [0.15, 0.2) is 33.8 Å². The fraction of sp³-hybridized carbons (Fsp3) is 0.474. The van der Waals surface area contributed by atoms with Crippen molar-refractivity contribution in [3.8, 4) is 0 Å². The molecule has 0 aliphatic carbocycles. The van der Waals surface area contributed by atoms with Gasteiger partial charge in [0.1, 0.15) is 0 Å². The van der Waals surface area contributed by atoms with Crippen LogP contribution in [0.5, 0.6) is 0 Å². The van der Waals surface area contributed by atoms with E-state index in [1.165, 1.54) is 16.7 Å². The largest absolute Gasteiger partial charge is 0.359 e. The Morgan fingerprint density at radius 1 is 1.21 bits per heavy atom. The van der Waals surface area contributed by atoms with Gasteiger partial charge < -0.3 is 15.2 Å². The average Bonchev–Trinajstić information content (AvgIpc) is 3.00. The summed E-state index contributed by atoms with van der Waals surface area (Å²) in [7, 11) is 0. The van der Waals surface area contributed by atoms with Gasteiger partial charge in [-0.05, 0) is 37.8 Å². The van der Waals surface area contributed by atoms with Crippen LogP contribution in [-0.4, -0.2) is 17.7 Å². The number of hydrogen-bond acceptors (Lipinski definition) is 3. The molecule has 2 aromatic rings. The van der Waals surface area contributed by atoms with Gasteiger partial charge in [0.25, 0.3) is 0 Å². The smallest absolute Gasteiger partial charge is 0.191 e. The summed E-state index contributed by atoms with van der Waals surface area (Å²) >= 11 is 0. The van der Waals surface area contributed by atoms with Crippen LogP contribution < -0.4 is 10.6 Å². The highest BCUT2D eigenvalue weighted by molar-refractivity contribution is 5.79. The number of aliphatic imine (C=N–C) groups is 1. The second kappa shape index (κ2) is 8.52. The normalized spacial score (nSPS) is 11.8. The van der Waals surface area contributed by atoms with Crippen LogP contribution in [0, 0.1) is 13.8 Å². The molecule has 0 fully saturated rings. The number of aryl methyl sites for hydroxylation is 2. The number of aromatic nitrogens is 1. The molecule has 2 rings (SSSR count). The molecule has 0 aliphatic heterocycles. The van der Waals surface area contributed by atoms with E-state index in [4.69, 9.17) is 4.52 Å². The van der Waals surface area contributed by atoms with Gasteiger partial charge >= 0.3 is 0 Å². The molecule has 0 atom stereocenters. The lowest BCUT2D eigenvalue weighted by Crippen LogP contribution is -2.36. The Labute approximate surface area is 144 Å². The summed E-state index contributed by atoms with van der Waals surface area (Å²) in [5, 5.41) is 10.6. The lowest BCUT2D eigenvalue weighted by Gasteiger charge is -2.11. The Kier molecular flexibility index (Phi) is 6.41. The molecule has 0 spiro atoms. The van der Waals surface area contributed by atoms with Gasteiger partial charge in [0.2, 0.25) is 0 Å². The van der Waals surface area contributed by atoms with Crippen molar-refractivity contribution in [1.29, 1.82) is 0 Å². The highest BCUT2D eigenvalue weighted by Gasteiger charge is 2.08. The topological polar surface area (TPSA) is 62.5 Å². The lowest BCUT2D eigenvalue weighted by molar-refractivity contribution is 0.372. The van der Waals surface area contributed by atoms with Gasteiger partial charge in [0.05, 0.1) is 18.8 Å². The summed E-state index contributed by atoms with van der Waals surface area (Å²) < 4.78 is 5.35. The molecule has 130 valence electrons. The first-order chi connectivity index (χ1) is 11.5. The standard InChI is InChI=1S/C19H28N4O/c1-6-20-19(21-11-16-8-7-14(4)9-15(16)5)22-12-17-10-18(13(2)3)23-24-17/h7-10,13H,6,11-12H2,1-5H3,(H2,20,21,22). The van der Waals surface area contributed by atoms with Gasteiger partial charge in [0, 0.05) is 12.6 Å². The van der Waals surface area contributed by atoms with E-state index in [1.807, 2.05) is 6.07 Å². The van der Waals surface area contributed by atoms with E-state index in [0.717, 1.165) is 24.0 Å². The van der Waals surface area contributed by atoms with E-state index >= 15 is 0 Å². The van der Waals surface area contributed by atoms with E-state index in [9.17, 15) is 0 Å². The van der Waals surface area contributed by atoms with Crippen molar-refractivity contribution < 1.29 is 4.52 Å². The number of hydrogen-bond donors (Lipinski definition) is 2. The Balaban J connectivity index is 1.99. The minimum atomic E-state index is 0.369.